The van der Waals surface area contributed by atoms with E-state index in [2.05, 4.69) is 14.9 Å². The van der Waals surface area contributed by atoms with Crippen molar-refractivity contribution in [3.05, 3.63) is 101 Å². The SMILES string of the molecule is Cc1nnc(SC[C@@H]2C[C@H](c3ccc(CO)cc3)O[C@H](c3ccc(NS(=O)(=O)c4ccccc4)cc3)O2)s1. The first-order chi connectivity index (χ1) is 18.4. The first-order valence-electron chi connectivity index (χ1n) is 12.0. The van der Waals surface area contributed by atoms with Crippen molar-refractivity contribution in [3.63, 3.8) is 0 Å². The fourth-order valence-corrected chi connectivity index (χ4v) is 6.98. The van der Waals surface area contributed by atoms with Gasteiger partial charge >= 0.3 is 0 Å². The van der Waals surface area contributed by atoms with Crippen LogP contribution >= 0.6 is 23.1 Å². The zero-order valence-corrected chi connectivity index (χ0v) is 23.0. The molecule has 1 aliphatic rings. The number of aryl methyl sites for hydroxylation is 1. The Morgan fingerprint density at radius 3 is 2.34 bits per heavy atom. The fraction of sp³-hybridized carbons (Fsp3) is 0.259. The van der Waals surface area contributed by atoms with Crippen molar-refractivity contribution in [1.29, 1.82) is 0 Å². The molecule has 2 heterocycles. The van der Waals surface area contributed by atoms with Gasteiger partial charge in [-0.1, -0.05) is 77.7 Å². The third-order valence-electron chi connectivity index (χ3n) is 6.00. The van der Waals surface area contributed by atoms with E-state index >= 15 is 0 Å². The average Bonchev–Trinajstić information content (AvgIpc) is 3.37. The van der Waals surface area contributed by atoms with Gasteiger partial charge in [0.15, 0.2) is 10.6 Å². The quantitative estimate of drug-likeness (QED) is 0.255. The van der Waals surface area contributed by atoms with Crippen LogP contribution in [0, 0.1) is 6.92 Å². The number of ether oxygens (including phenoxy) is 2. The third-order valence-corrected chi connectivity index (χ3v) is 9.50. The Morgan fingerprint density at radius 2 is 1.68 bits per heavy atom. The van der Waals surface area contributed by atoms with Gasteiger partial charge in [-0.3, -0.25) is 4.72 Å². The predicted molar refractivity (Wildman–Crippen MR) is 147 cm³/mol. The van der Waals surface area contributed by atoms with Gasteiger partial charge in [0.2, 0.25) is 0 Å². The highest BCUT2D eigenvalue weighted by atomic mass is 32.2. The first-order valence-corrected chi connectivity index (χ1v) is 15.3. The molecule has 3 atom stereocenters. The van der Waals surface area contributed by atoms with Crippen molar-refractivity contribution < 1.29 is 23.0 Å². The van der Waals surface area contributed by atoms with Gasteiger partial charge in [-0.05, 0) is 42.3 Å². The number of aromatic nitrogens is 2. The Balaban J connectivity index is 1.33. The van der Waals surface area contributed by atoms with E-state index < -0.39 is 16.3 Å². The van der Waals surface area contributed by atoms with Crippen LogP contribution in [0.1, 0.15) is 40.5 Å². The summed E-state index contributed by atoms with van der Waals surface area (Å²) in [6.07, 6.45) is -0.289. The molecule has 8 nitrogen and oxygen atoms in total. The average molecular weight is 570 g/mol. The van der Waals surface area contributed by atoms with Crippen LogP contribution in [0.5, 0.6) is 0 Å². The molecule has 5 rings (SSSR count). The zero-order chi connectivity index (χ0) is 26.5. The molecule has 4 aromatic rings. The van der Waals surface area contributed by atoms with Gasteiger partial charge in [0.05, 0.1) is 23.7 Å². The first kappa shape index (κ1) is 26.8. The molecule has 0 bridgehead atoms. The van der Waals surface area contributed by atoms with Crippen molar-refractivity contribution in [3.8, 4) is 0 Å². The van der Waals surface area contributed by atoms with E-state index in [1.54, 1.807) is 65.6 Å². The van der Waals surface area contributed by atoms with E-state index in [0.29, 0.717) is 17.9 Å². The number of hydrogen-bond acceptors (Lipinski definition) is 9. The number of nitrogens with one attached hydrogen (secondary N) is 1. The summed E-state index contributed by atoms with van der Waals surface area (Å²) in [6, 6.07) is 23.0. The lowest BCUT2D eigenvalue weighted by Crippen LogP contribution is -2.31. The minimum absolute atomic E-state index is 0.0154. The molecule has 3 aromatic carbocycles. The molecule has 198 valence electrons. The molecule has 1 saturated heterocycles. The Kier molecular flexibility index (Phi) is 8.42. The Bertz CT molecular complexity index is 1450. The van der Waals surface area contributed by atoms with Crippen molar-refractivity contribution in [1.82, 2.24) is 10.2 Å². The minimum Gasteiger partial charge on any atom is -0.392 e. The second-order valence-corrected chi connectivity index (χ2v) is 12.9. The highest BCUT2D eigenvalue weighted by molar-refractivity contribution is 8.01. The highest BCUT2D eigenvalue weighted by Gasteiger charge is 2.32. The molecule has 0 amide bonds. The number of hydrogen-bond donors (Lipinski definition) is 2. The molecule has 0 radical (unpaired) electrons. The van der Waals surface area contributed by atoms with E-state index in [-0.39, 0.29) is 23.7 Å². The van der Waals surface area contributed by atoms with Crippen LogP contribution in [0.3, 0.4) is 0 Å². The molecular weight excluding hydrogens is 543 g/mol. The van der Waals surface area contributed by atoms with Crippen LogP contribution in [0.4, 0.5) is 5.69 Å². The van der Waals surface area contributed by atoms with Gasteiger partial charge in [-0.15, -0.1) is 10.2 Å². The Hall–Kier alpha value is -2.80. The number of thioether (sulfide) groups is 1. The number of aliphatic hydroxyl groups is 1. The summed E-state index contributed by atoms with van der Waals surface area (Å²) in [6.45, 7) is 1.91. The summed E-state index contributed by atoms with van der Waals surface area (Å²) in [4.78, 5) is 0.198. The number of nitrogens with zero attached hydrogens (tertiary/aromatic N) is 2. The smallest absolute Gasteiger partial charge is 0.261 e. The lowest BCUT2D eigenvalue weighted by Gasteiger charge is -2.36. The summed E-state index contributed by atoms with van der Waals surface area (Å²) >= 11 is 3.16. The third kappa shape index (κ3) is 6.60. The number of benzene rings is 3. The summed E-state index contributed by atoms with van der Waals surface area (Å²) in [5, 5.41) is 18.6. The van der Waals surface area contributed by atoms with Gasteiger partial charge in [-0.25, -0.2) is 8.42 Å². The van der Waals surface area contributed by atoms with Crippen LogP contribution in [-0.2, 0) is 26.1 Å². The Labute approximate surface area is 230 Å². The molecule has 0 spiro atoms. The summed E-state index contributed by atoms with van der Waals surface area (Å²) < 4.78 is 41.6. The highest BCUT2D eigenvalue weighted by Crippen LogP contribution is 2.40. The lowest BCUT2D eigenvalue weighted by atomic mass is 10.0. The standard InChI is InChI=1S/C27H27N3O5S3/c1-18-28-29-27(37-18)36-17-23-15-25(20-9-7-19(16-31)8-10-20)35-26(34-23)21-11-13-22(14-12-21)30-38(32,33)24-5-3-2-4-6-24/h2-14,23,25-26,30-31H,15-17H2,1H3/t23-,25+,26+/m0/s1. The van der Waals surface area contributed by atoms with Gasteiger partial charge in [0.25, 0.3) is 10.0 Å². The summed E-state index contributed by atoms with van der Waals surface area (Å²) in [5.74, 6) is 0.689. The molecular formula is C27H27N3O5S3. The second kappa shape index (κ2) is 11.9. The molecule has 1 aliphatic heterocycles. The lowest BCUT2D eigenvalue weighted by molar-refractivity contribution is -0.245. The fourth-order valence-electron chi connectivity index (χ4n) is 4.05. The van der Waals surface area contributed by atoms with Gasteiger partial charge in [0, 0.05) is 23.4 Å². The maximum atomic E-state index is 12.7. The van der Waals surface area contributed by atoms with E-state index in [0.717, 1.165) is 26.0 Å². The van der Waals surface area contributed by atoms with Crippen molar-refractivity contribution in [2.45, 2.75) is 47.7 Å². The minimum atomic E-state index is -3.69. The van der Waals surface area contributed by atoms with Crippen LogP contribution in [0.15, 0.2) is 88.1 Å². The molecule has 1 fully saturated rings. The van der Waals surface area contributed by atoms with E-state index in [1.807, 2.05) is 43.3 Å². The van der Waals surface area contributed by atoms with Crippen LogP contribution in [0.25, 0.3) is 0 Å². The summed E-state index contributed by atoms with van der Waals surface area (Å²) in [5.41, 5.74) is 3.07. The maximum absolute atomic E-state index is 12.7. The molecule has 2 N–H and O–H groups in total. The largest absolute Gasteiger partial charge is 0.392 e. The van der Waals surface area contributed by atoms with Gasteiger partial charge in [-0.2, -0.15) is 0 Å². The number of rotatable bonds is 9. The van der Waals surface area contributed by atoms with E-state index in [1.165, 1.54) is 0 Å². The molecule has 11 heteroatoms. The van der Waals surface area contributed by atoms with Gasteiger partial charge in [0.1, 0.15) is 5.01 Å². The topological polar surface area (TPSA) is 111 Å². The van der Waals surface area contributed by atoms with Crippen LogP contribution < -0.4 is 4.72 Å². The van der Waals surface area contributed by atoms with E-state index in [4.69, 9.17) is 9.47 Å². The molecule has 0 saturated carbocycles. The van der Waals surface area contributed by atoms with E-state index in [9.17, 15) is 13.5 Å². The van der Waals surface area contributed by atoms with Crippen molar-refractivity contribution in [2.24, 2.45) is 0 Å². The maximum Gasteiger partial charge on any atom is 0.261 e. The Morgan fingerprint density at radius 1 is 0.974 bits per heavy atom. The van der Waals surface area contributed by atoms with Crippen LogP contribution in [-0.4, -0.2) is 35.6 Å². The molecule has 38 heavy (non-hydrogen) atoms. The second-order valence-electron chi connectivity index (χ2n) is 8.79. The number of aliphatic hydroxyl groups excluding tert-OH is 1. The monoisotopic (exact) mass is 569 g/mol. The molecule has 1 aromatic heterocycles. The number of anilines is 1. The van der Waals surface area contributed by atoms with Crippen LogP contribution in [0.2, 0.25) is 0 Å². The van der Waals surface area contributed by atoms with Gasteiger partial charge < -0.3 is 14.6 Å². The van der Waals surface area contributed by atoms with Crippen molar-refractivity contribution in [2.75, 3.05) is 10.5 Å². The summed E-state index contributed by atoms with van der Waals surface area (Å²) in [7, 11) is -3.69. The number of sulfonamides is 1. The zero-order valence-electron chi connectivity index (χ0n) is 20.6. The molecule has 0 aliphatic carbocycles. The predicted octanol–water partition coefficient (Wildman–Crippen LogP) is 5.48. The van der Waals surface area contributed by atoms with Crippen molar-refractivity contribution >= 4 is 38.8 Å². The molecule has 0 unspecified atom stereocenters. The normalized spacial score (nSPS) is 19.8.